The predicted octanol–water partition coefficient (Wildman–Crippen LogP) is 0.584. The Morgan fingerprint density at radius 3 is 2.38 bits per heavy atom. The molecule has 1 fully saturated rings. The van der Waals surface area contributed by atoms with Crippen LogP contribution in [0.15, 0.2) is 66.7 Å². The van der Waals surface area contributed by atoms with E-state index in [1.807, 2.05) is 62.4 Å². The third-order valence-electron chi connectivity index (χ3n) is 7.64. The van der Waals surface area contributed by atoms with Gasteiger partial charge in [0.05, 0.1) is 30.9 Å². The average molecular weight is 621 g/mol. The number of carbonyl (C=O) groups is 3. The number of amides is 2. The van der Waals surface area contributed by atoms with Gasteiger partial charge in [0.25, 0.3) is 5.91 Å². The second-order valence-corrected chi connectivity index (χ2v) is 11.6. The minimum absolute atomic E-state index is 0.0253. The number of aromatic nitrogens is 1. The van der Waals surface area contributed by atoms with Gasteiger partial charge >= 0.3 is 7.12 Å². The van der Waals surface area contributed by atoms with Crippen LogP contribution < -0.4 is 10.6 Å². The molecule has 0 bridgehead atoms. The molecule has 0 saturated carbocycles. The second kappa shape index (κ2) is 16.0. The van der Waals surface area contributed by atoms with Crippen LogP contribution in [0, 0.1) is 5.92 Å². The van der Waals surface area contributed by atoms with Gasteiger partial charge in [0.2, 0.25) is 5.91 Å². The fourth-order valence-corrected chi connectivity index (χ4v) is 5.11. The van der Waals surface area contributed by atoms with Crippen LogP contribution >= 0.6 is 0 Å². The first-order chi connectivity index (χ1) is 21.6. The lowest BCUT2D eigenvalue weighted by atomic mass is 9.76. The maximum absolute atomic E-state index is 13.7. The maximum atomic E-state index is 13.7. The summed E-state index contributed by atoms with van der Waals surface area (Å²) in [6.07, 6.45) is -5.17. The third-order valence-corrected chi connectivity index (χ3v) is 7.64. The molecule has 2 amide bonds. The van der Waals surface area contributed by atoms with Gasteiger partial charge in [-0.3, -0.25) is 9.59 Å². The Bertz CT molecular complexity index is 1440. The molecule has 2 heterocycles. The molecule has 0 radical (unpaired) electrons. The molecule has 13 heteroatoms. The van der Waals surface area contributed by atoms with E-state index >= 15 is 0 Å². The Kier molecular flexibility index (Phi) is 12.2. The molecular weight excluding hydrogens is 581 g/mol. The number of aliphatic hydroxyl groups is 4. The molecule has 6 N–H and O–H groups in total. The molecule has 3 aromatic rings. The fraction of sp³-hybridized carbons (Fsp3) is 0.438. The summed E-state index contributed by atoms with van der Waals surface area (Å²) in [7, 11) is -1.45. The Morgan fingerprint density at radius 2 is 1.67 bits per heavy atom. The lowest BCUT2D eigenvalue weighted by molar-refractivity contribution is -0.127. The van der Waals surface area contributed by atoms with E-state index in [1.165, 1.54) is 0 Å². The molecule has 0 aliphatic carbocycles. The minimum Gasteiger partial charge on any atom is -0.403 e. The summed E-state index contributed by atoms with van der Waals surface area (Å²) in [5, 5.41) is 45.6. The maximum Gasteiger partial charge on any atom is 0.534 e. The third kappa shape index (κ3) is 9.16. The van der Waals surface area contributed by atoms with Crippen molar-refractivity contribution in [1.29, 1.82) is 0 Å². The van der Waals surface area contributed by atoms with Crippen molar-refractivity contribution < 1.29 is 44.1 Å². The Hall–Kier alpha value is -3.72. The van der Waals surface area contributed by atoms with E-state index in [9.17, 15) is 29.7 Å². The number of nitrogens with zero attached hydrogens (tertiary/aromatic N) is 1. The second-order valence-electron chi connectivity index (χ2n) is 11.6. The number of hydrogen-bond donors (Lipinski definition) is 6. The van der Waals surface area contributed by atoms with Gasteiger partial charge in [0.15, 0.2) is 5.68 Å². The molecule has 1 aliphatic heterocycles. The van der Waals surface area contributed by atoms with E-state index in [4.69, 9.17) is 14.4 Å². The van der Waals surface area contributed by atoms with Crippen LogP contribution in [0.3, 0.4) is 0 Å². The highest BCUT2D eigenvalue weighted by atomic mass is 16.7. The van der Waals surface area contributed by atoms with Gasteiger partial charge in [-0.05, 0) is 42.9 Å². The molecule has 240 valence electrons. The summed E-state index contributed by atoms with van der Waals surface area (Å²) in [4.78, 5) is 45.0. The zero-order chi connectivity index (χ0) is 32.5. The first-order valence-electron chi connectivity index (χ1n) is 15.0. The highest BCUT2D eigenvalue weighted by molar-refractivity contribution is 6.82. The van der Waals surface area contributed by atoms with E-state index in [0.29, 0.717) is 11.9 Å². The highest BCUT2D eigenvalue weighted by Gasteiger charge is 2.46. The summed E-state index contributed by atoms with van der Waals surface area (Å²) in [5.74, 6) is -1.14. The minimum atomic E-state index is -1.73. The number of pyridine rings is 1. The van der Waals surface area contributed by atoms with Gasteiger partial charge in [-0.2, -0.15) is 0 Å². The Morgan fingerprint density at radius 1 is 0.956 bits per heavy atom. The van der Waals surface area contributed by atoms with E-state index < -0.39 is 67.7 Å². The fourth-order valence-electron chi connectivity index (χ4n) is 5.11. The topological polar surface area (TPSA) is 188 Å². The van der Waals surface area contributed by atoms with E-state index in [0.717, 1.165) is 10.9 Å². The number of carbonyl (C=O) groups excluding carboxylic acids is 3. The van der Waals surface area contributed by atoms with Crippen LogP contribution in [0.5, 0.6) is 0 Å². The summed E-state index contributed by atoms with van der Waals surface area (Å²) >= 11 is 0. The molecule has 1 aliphatic rings. The normalized spacial score (nSPS) is 18.3. The molecule has 0 spiro atoms. The average Bonchev–Trinajstić information content (AvgIpc) is 3.55. The zero-order valence-corrected chi connectivity index (χ0v) is 25.3. The van der Waals surface area contributed by atoms with Gasteiger partial charge in [0.1, 0.15) is 30.0 Å². The molecule has 1 aromatic heterocycles. The van der Waals surface area contributed by atoms with Gasteiger partial charge in [0, 0.05) is 5.39 Å². The SMILES string of the molecule is CC(C)CC(NC(=O)C(CCc1ccccc1)NC(=O)c1ccc2ccccc2n1)C(=O)B1OCC(C(O)C(O)C(O)CO)O1. The van der Waals surface area contributed by atoms with Gasteiger partial charge in [-0.25, -0.2) is 4.98 Å². The number of nitrogens with one attached hydrogen (secondary N) is 2. The standard InChI is InChI=1S/C32H40BN3O9/c1-19(2)16-25(30(41)33-44-18-27(45-33)29(40)28(39)26(38)17-37)36-32(43)24(14-12-20-8-4-3-5-9-20)35-31(42)23-15-13-21-10-6-7-11-22(21)34-23/h3-11,13,15,19,24-29,37-40H,12,14,16-18H2,1-2H3,(H,35,42)(H,36,43). The zero-order valence-electron chi connectivity index (χ0n) is 25.3. The quantitative estimate of drug-likeness (QED) is 0.131. The Labute approximate surface area is 261 Å². The van der Waals surface area contributed by atoms with E-state index in [1.54, 1.807) is 18.2 Å². The summed E-state index contributed by atoms with van der Waals surface area (Å²) in [6, 6.07) is 18.2. The highest BCUT2D eigenvalue weighted by Crippen LogP contribution is 2.20. The number of fused-ring (bicyclic) bond motifs is 1. The van der Waals surface area contributed by atoms with Crippen molar-refractivity contribution in [2.45, 2.75) is 69.6 Å². The largest absolute Gasteiger partial charge is 0.534 e. The molecule has 45 heavy (non-hydrogen) atoms. The van der Waals surface area contributed by atoms with Gasteiger partial charge in [-0.15, -0.1) is 0 Å². The molecule has 12 nitrogen and oxygen atoms in total. The molecule has 1 saturated heterocycles. The number of aliphatic hydroxyl groups excluding tert-OH is 4. The van der Waals surface area contributed by atoms with Crippen LogP contribution in [-0.4, -0.2) is 99.7 Å². The van der Waals surface area contributed by atoms with Crippen LogP contribution in [-0.2, 0) is 25.3 Å². The van der Waals surface area contributed by atoms with Crippen molar-refractivity contribution in [3.63, 3.8) is 0 Å². The van der Waals surface area contributed by atoms with Crippen LogP contribution in [0.2, 0.25) is 0 Å². The van der Waals surface area contributed by atoms with Crippen LogP contribution in [0.1, 0.15) is 42.7 Å². The lowest BCUT2D eigenvalue weighted by Crippen LogP contribution is -2.55. The number of benzene rings is 2. The predicted molar refractivity (Wildman–Crippen MR) is 166 cm³/mol. The van der Waals surface area contributed by atoms with Gasteiger partial charge in [-0.1, -0.05) is 68.4 Å². The number of hydrogen-bond acceptors (Lipinski definition) is 10. The van der Waals surface area contributed by atoms with Crippen molar-refractivity contribution >= 4 is 35.5 Å². The van der Waals surface area contributed by atoms with Crippen molar-refractivity contribution in [3.8, 4) is 0 Å². The molecule has 6 atom stereocenters. The molecular formula is C32H40BN3O9. The van der Waals surface area contributed by atoms with Crippen molar-refractivity contribution in [2.24, 2.45) is 5.92 Å². The van der Waals surface area contributed by atoms with Crippen LogP contribution in [0.4, 0.5) is 0 Å². The lowest BCUT2D eigenvalue weighted by Gasteiger charge is -2.26. The first-order valence-corrected chi connectivity index (χ1v) is 15.0. The van der Waals surface area contributed by atoms with Gasteiger partial charge < -0.3 is 45.2 Å². The number of aryl methyl sites for hydroxylation is 1. The van der Waals surface area contributed by atoms with E-state index in [2.05, 4.69) is 15.6 Å². The van der Waals surface area contributed by atoms with E-state index in [-0.39, 0.29) is 31.1 Å². The number of para-hydroxylation sites is 1. The molecule has 2 aromatic carbocycles. The molecule has 4 rings (SSSR count). The van der Waals surface area contributed by atoms with Crippen molar-refractivity contribution in [1.82, 2.24) is 15.6 Å². The summed E-state index contributed by atoms with van der Waals surface area (Å²) in [5.41, 5.74) is 1.14. The van der Waals surface area contributed by atoms with Crippen LogP contribution in [0.25, 0.3) is 10.9 Å². The first kappa shape index (κ1) is 34.2. The Balaban J connectivity index is 1.49. The smallest absolute Gasteiger partial charge is 0.403 e. The molecule has 6 unspecified atom stereocenters. The van der Waals surface area contributed by atoms with Crippen molar-refractivity contribution in [3.05, 3.63) is 78.0 Å². The monoisotopic (exact) mass is 621 g/mol. The summed E-state index contributed by atoms with van der Waals surface area (Å²) < 4.78 is 11.0. The van der Waals surface area contributed by atoms with Crippen molar-refractivity contribution in [2.75, 3.05) is 13.2 Å². The number of rotatable bonds is 15. The summed E-state index contributed by atoms with van der Waals surface area (Å²) in [6.45, 7) is 2.71.